The number of hydrogen-bond donors (Lipinski definition) is 1. The van der Waals surface area contributed by atoms with E-state index in [4.69, 9.17) is 5.14 Å². The molecule has 2 rings (SSSR count). The van der Waals surface area contributed by atoms with Crippen LogP contribution in [0.1, 0.15) is 24.0 Å². The molecule has 1 heterocycles. The Kier molecular flexibility index (Phi) is 5.37. The predicted molar refractivity (Wildman–Crippen MR) is 87.5 cm³/mol. The summed E-state index contributed by atoms with van der Waals surface area (Å²) in [7, 11) is -3.49. The van der Waals surface area contributed by atoms with E-state index < -0.39 is 10.0 Å². The van der Waals surface area contributed by atoms with Crippen molar-refractivity contribution in [2.45, 2.75) is 19.8 Å². The molecule has 1 aromatic carbocycles. The number of piperidine rings is 1. The number of rotatable bonds is 4. The standard InChI is InChI=1S/C16H22N2O3S/c1-13-4-6-14(7-5-13)8-9-16(19)18-10-2-3-15(11-18)12-22(17,20)21/h4-9,15H,2-3,10-12H2,1H3,(H2,17,20,21)/b9-8-/t15-/m1/s1. The number of sulfonamides is 1. The minimum Gasteiger partial charge on any atom is -0.339 e. The minimum absolute atomic E-state index is 0.0571. The van der Waals surface area contributed by atoms with E-state index in [0.717, 1.165) is 18.4 Å². The molecule has 0 bridgehead atoms. The average molecular weight is 322 g/mol. The highest BCUT2D eigenvalue weighted by atomic mass is 32.2. The predicted octanol–water partition coefficient (Wildman–Crippen LogP) is 1.54. The molecule has 1 aliphatic heterocycles. The monoisotopic (exact) mass is 322 g/mol. The first-order valence-electron chi connectivity index (χ1n) is 7.37. The Morgan fingerprint density at radius 1 is 1.36 bits per heavy atom. The van der Waals surface area contributed by atoms with Gasteiger partial charge in [-0.3, -0.25) is 4.79 Å². The Hall–Kier alpha value is -1.66. The first kappa shape index (κ1) is 16.7. The zero-order valence-electron chi connectivity index (χ0n) is 12.7. The molecule has 1 saturated heterocycles. The SMILES string of the molecule is Cc1ccc(/C=C\C(=O)N2CCC[C@@H](CS(N)(=O)=O)C2)cc1. The van der Waals surface area contributed by atoms with Gasteiger partial charge in [0.05, 0.1) is 5.75 Å². The fourth-order valence-corrected chi connectivity index (χ4v) is 3.61. The maximum absolute atomic E-state index is 12.2. The number of aryl methyl sites for hydroxylation is 1. The lowest BCUT2D eigenvalue weighted by Gasteiger charge is -2.31. The highest BCUT2D eigenvalue weighted by Gasteiger charge is 2.25. The number of primary sulfonamides is 1. The molecule has 1 aliphatic rings. The molecule has 0 aromatic heterocycles. The van der Waals surface area contributed by atoms with Gasteiger partial charge in [-0.15, -0.1) is 0 Å². The average Bonchev–Trinajstić information content (AvgIpc) is 2.45. The second kappa shape index (κ2) is 7.07. The van der Waals surface area contributed by atoms with Gasteiger partial charge in [-0.25, -0.2) is 13.6 Å². The highest BCUT2D eigenvalue weighted by Crippen LogP contribution is 2.18. The number of amides is 1. The van der Waals surface area contributed by atoms with E-state index >= 15 is 0 Å². The van der Waals surface area contributed by atoms with Crippen LogP contribution in [0, 0.1) is 12.8 Å². The number of carbonyl (C=O) groups excluding carboxylic acids is 1. The van der Waals surface area contributed by atoms with Crippen molar-refractivity contribution in [3.05, 3.63) is 41.5 Å². The number of nitrogens with zero attached hydrogens (tertiary/aromatic N) is 1. The molecule has 0 radical (unpaired) electrons. The number of benzene rings is 1. The Balaban J connectivity index is 1.95. The lowest BCUT2D eigenvalue weighted by atomic mass is 10.00. The van der Waals surface area contributed by atoms with E-state index in [0.29, 0.717) is 13.1 Å². The molecular weight excluding hydrogens is 300 g/mol. The Morgan fingerprint density at radius 2 is 2.05 bits per heavy atom. The van der Waals surface area contributed by atoms with Gasteiger partial charge in [0, 0.05) is 19.2 Å². The molecule has 1 fully saturated rings. The van der Waals surface area contributed by atoms with E-state index in [9.17, 15) is 13.2 Å². The molecule has 5 nitrogen and oxygen atoms in total. The second-order valence-corrected chi connectivity index (χ2v) is 7.53. The molecule has 120 valence electrons. The van der Waals surface area contributed by atoms with Gasteiger partial charge in [0.2, 0.25) is 15.9 Å². The van der Waals surface area contributed by atoms with Crippen molar-refractivity contribution in [1.82, 2.24) is 4.90 Å². The third kappa shape index (κ3) is 5.27. The topological polar surface area (TPSA) is 80.5 Å². The van der Waals surface area contributed by atoms with Gasteiger partial charge in [0.15, 0.2) is 0 Å². The van der Waals surface area contributed by atoms with E-state index in [1.54, 1.807) is 17.1 Å². The van der Waals surface area contributed by atoms with Crippen molar-refractivity contribution in [1.29, 1.82) is 0 Å². The van der Waals surface area contributed by atoms with Gasteiger partial charge in [-0.2, -0.15) is 0 Å². The van der Waals surface area contributed by atoms with Gasteiger partial charge < -0.3 is 4.90 Å². The zero-order valence-corrected chi connectivity index (χ0v) is 13.6. The smallest absolute Gasteiger partial charge is 0.246 e. The van der Waals surface area contributed by atoms with Crippen LogP contribution in [0.15, 0.2) is 30.3 Å². The molecule has 1 aromatic rings. The molecule has 1 atom stereocenters. The summed E-state index contributed by atoms with van der Waals surface area (Å²) >= 11 is 0. The highest BCUT2D eigenvalue weighted by molar-refractivity contribution is 7.89. The van der Waals surface area contributed by atoms with E-state index in [2.05, 4.69) is 0 Å². The summed E-state index contributed by atoms with van der Waals surface area (Å²) in [6, 6.07) is 7.90. The van der Waals surface area contributed by atoms with Crippen LogP contribution in [-0.4, -0.2) is 38.1 Å². The fourth-order valence-electron chi connectivity index (χ4n) is 2.68. The van der Waals surface area contributed by atoms with Crippen LogP contribution in [0.2, 0.25) is 0 Å². The van der Waals surface area contributed by atoms with Crippen molar-refractivity contribution in [2.24, 2.45) is 11.1 Å². The van der Waals surface area contributed by atoms with Crippen LogP contribution in [0.5, 0.6) is 0 Å². The molecule has 0 spiro atoms. The summed E-state index contributed by atoms with van der Waals surface area (Å²) in [6.07, 6.45) is 4.93. The van der Waals surface area contributed by atoms with Crippen LogP contribution < -0.4 is 5.14 Å². The summed E-state index contributed by atoms with van der Waals surface area (Å²) < 4.78 is 22.3. The number of carbonyl (C=O) groups is 1. The molecular formula is C16H22N2O3S. The Morgan fingerprint density at radius 3 is 2.68 bits per heavy atom. The van der Waals surface area contributed by atoms with Crippen LogP contribution in [0.25, 0.3) is 6.08 Å². The first-order chi connectivity index (χ1) is 10.3. The summed E-state index contributed by atoms with van der Waals surface area (Å²) in [5.74, 6) is -0.210. The quantitative estimate of drug-likeness (QED) is 0.854. The van der Waals surface area contributed by atoms with Crippen molar-refractivity contribution < 1.29 is 13.2 Å². The van der Waals surface area contributed by atoms with E-state index in [1.807, 2.05) is 31.2 Å². The summed E-state index contributed by atoms with van der Waals surface area (Å²) in [5.41, 5.74) is 2.14. The normalized spacial score (nSPS) is 19.5. The summed E-state index contributed by atoms with van der Waals surface area (Å²) in [6.45, 7) is 3.13. The van der Waals surface area contributed by atoms with Crippen LogP contribution in [0.4, 0.5) is 0 Å². The van der Waals surface area contributed by atoms with Crippen molar-refractivity contribution in [2.75, 3.05) is 18.8 Å². The molecule has 22 heavy (non-hydrogen) atoms. The fraction of sp³-hybridized carbons (Fsp3) is 0.438. The van der Waals surface area contributed by atoms with Crippen molar-refractivity contribution in [3.63, 3.8) is 0 Å². The zero-order chi connectivity index (χ0) is 16.2. The Bertz CT molecular complexity index is 650. The first-order valence-corrected chi connectivity index (χ1v) is 9.09. The third-order valence-electron chi connectivity index (χ3n) is 3.79. The second-order valence-electron chi connectivity index (χ2n) is 5.87. The molecule has 0 aliphatic carbocycles. The molecule has 6 heteroatoms. The van der Waals surface area contributed by atoms with Crippen LogP contribution >= 0.6 is 0 Å². The Labute approximate surface area is 131 Å². The van der Waals surface area contributed by atoms with Crippen LogP contribution in [-0.2, 0) is 14.8 Å². The van der Waals surface area contributed by atoms with Crippen molar-refractivity contribution >= 4 is 22.0 Å². The maximum atomic E-state index is 12.2. The van der Waals surface area contributed by atoms with Gasteiger partial charge in [-0.1, -0.05) is 29.8 Å². The number of hydrogen-bond acceptors (Lipinski definition) is 3. The van der Waals surface area contributed by atoms with Gasteiger partial charge in [0.1, 0.15) is 0 Å². The van der Waals surface area contributed by atoms with Gasteiger partial charge in [-0.05, 0) is 37.3 Å². The molecule has 2 N–H and O–H groups in total. The lowest BCUT2D eigenvalue weighted by Crippen LogP contribution is -2.41. The summed E-state index contributed by atoms with van der Waals surface area (Å²) in [5, 5.41) is 5.09. The lowest BCUT2D eigenvalue weighted by molar-refractivity contribution is -0.127. The van der Waals surface area contributed by atoms with E-state index in [1.165, 1.54) is 5.56 Å². The van der Waals surface area contributed by atoms with Crippen LogP contribution in [0.3, 0.4) is 0 Å². The number of likely N-dealkylation sites (tertiary alicyclic amines) is 1. The summed E-state index contributed by atoms with van der Waals surface area (Å²) in [4.78, 5) is 13.9. The van der Waals surface area contributed by atoms with Crippen molar-refractivity contribution in [3.8, 4) is 0 Å². The largest absolute Gasteiger partial charge is 0.339 e. The molecule has 1 amide bonds. The maximum Gasteiger partial charge on any atom is 0.246 e. The third-order valence-corrected chi connectivity index (χ3v) is 4.73. The number of nitrogens with two attached hydrogens (primary N) is 1. The minimum atomic E-state index is -3.49. The molecule has 0 saturated carbocycles. The van der Waals surface area contributed by atoms with Gasteiger partial charge in [0.25, 0.3) is 0 Å². The molecule has 0 unspecified atom stereocenters. The van der Waals surface area contributed by atoms with Gasteiger partial charge >= 0.3 is 0 Å². The van der Waals surface area contributed by atoms with E-state index in [-0.39, 0.29) is 17.6 Å².